The molecule has 0 atom stereocenters. The SMILES string of the molecule is Nc1n[nH]c(-c2nc(-c3nccc4ccccc34)no2)n1. The summed E-state index contributed by atoms with van der Waals surface area (Å²) in [5, 5.41) is 12.3. The van der Waals surface area contributed by atoms with Crippen molar-refractivity contribution in [3.63, 3.8) is 0 Å². The van der Waals surface area contributed by atoms with Crippen molar-refractivity contribution in [3.05, 3.63) is 36.5 Å². The number of aromatic amines is 1. The molecular weight excluding hydrogens is 270 g/mol. The van der Waals surface area contributed by atoms with Gasteiger partial charge in [0.1, 0.15) is 5.69 Å². The summed E-state index contributed by atoms with van der Waals surface area (Å²) < 4.78 is 5.18. The number of fused-ring (bicyclic) bond motifs is 1. The monoisotopic (exact) mass is 279 g/mol. The van der Waals surface area contributed by atoms with E-state index < -0.39 is 0 Å². The standard InChI is InChI=1S/C13H9N7O/c14-13-17-11(18-19-13)12-16-10(20-21-12)9-8-4-2-1-3-7(8)5-6-15-9/h1-6H,(H3,14,17,18,19). The van der Waals surface area contributed by atoms with E-state index in [9.17, 15) is 0 Å². The topological polar surface area (TPSA) is 119 Å². The lowest BCUT2D eigenvalue weighted by molar-refractivity contribution is 0.429. The fraction of sp³-hybridized carbons (Fsp3) is 0. The van der Waals surface area contributed by atoms with Gasteiger partial charge in [0.2, 0.25) is 17.6 Å². The van der Waals surface area contributed by atoms with Gasteiger partial charge in [-0.15, -0.1) is 5.10 Å². The molecule has 0 aliphatic heterocycles. The van der Waals surface area contributed by atoms with E-state index in [2.05, 4.69) is 30.3 Å². The van der Waals surface area contributed by atoms with Gasteiger partial charge in [-0.1, -0.05) is 29.4 Å². The third-order valence-electron chi connectivity index (χ3n) is 3.02. The van der Waals surface area contributed by atoms with Crippen molar-refractivity contribution in [2.75, 3.05) is 5.73 Å². The number of pyridine rings is 1. The number of nitrogens with zero attached hydrogens (tertiary/aromatic N) is 5. The van der Waals surface area contributed by atoms with Gasteiger partial charge >= 0.3 is 0 Å². The Morgan fingerprint density at radius 2 is 2.00 bits per heavy atom. The summed E-state index contributed by atoms with van der Waals surface area (Å²) in [6, 6.07) is 9.78. The van der Waals surface area contributed by atoms with E-state index in [0.717, 1.165) is 10.8 Å². The molecule has 102 valence electrons. The summed E-state index contributed by atoms with van der Waals surface area (Å²) >= 11 is 0. The molecule has 0 aliphatic carbocycles. The van der Waals surface area contributed by atoms with E-state index in [-0.39, 0.29) is 11.8 Å². The zero-order chi connectivity index (χ0) is 14.2. The van der Waals surface area contributed by atoms with Crippen LogP contribution in [0.1, 0.15) is 0 Å². The minimum atomic E-state index is 0.119. The van der Waals surface area contributed by atoms with Crippen LogP contribution in [0, 0.1) is 0 Å². The molecule has 8 heteroatoms. The van der Waals surface area contributed by atoms with Crippen LogP contribution in [0.15, 0.2) is 41.1 Å². The molecule has 3 aromatic heterocycles. The predicted octanol–water partition coefficient (Wildman–Crippen LogP) is 1.65. The highest BCUT2D eigenvalue weighted by Crippen LogP contribution is 2.25. The van der Waals surface area contributed by atoms with Gasteiger partial charge in [-0.25, -0.2) is 0 Å². The van der Waals surface area contributed by atoms with Crippen molar-refractivity contribution in [2.45, 2.75) is 0 Å². The molecule has 0 amide bonds. The number of H-pyrrole nitrogens is 1. The van der Waals surface area contributed by atoms with Gasteiger partial charge in [0.05, 0.1) is 0 Å². The molecule has 3 N–H and O–H groups in total. The van der Waals surface area contributed by atoms with Gasteiger partial charge in [-0.2, -0.15) is 9.97 Å². The average molecular weight is 279 g/mol. The molecule has 0 bridgehead atoms. The van der Waals surface area contributed by atoms with Crippen molar-refractivity contribution in [1.29, 1.82) is 0 Å². The van der Waals surface area contributed by atoms with E-state index in [1.165, 1.54) is 0 Å². The minimum absolute atomic E-state index is 0.119. The predicted molar refractivity (Wildman–Crippen MR) is 74.8 cm³/mol. The zero-order valence-electron chi connectivity index (χ0n) is 10.7. The Kier molecular flexibility index (Phi) is 2.40. The molecule has 3 heterocycles. The van der Waals surface area contributed by atoms with Gasteiger partial charge in [-0.05, 0) is 11.5 Å². The molecule has 0 saturated carbocycles. The molecule has 0 spiro atoms. The summed E-state index contributed by atoms with van der Waals surface area (Å²) in [7, 11) is 0. The smallest absolute Gasteiger partial charge is 0.295 e. The van der Waals surface area contributed by atoms with E-state index >= 15 is 0 Å². The first kappa shape index (κ1) is 11.5. The van der Waals surface area contributed by atoms with Crippen molar-refractivity contribution in [1.82, 2.24) is 30.3 Å². The Balaban J connectivity index is 1.85. The van der Waals surface area contributed by atoms with E-state index in [0.29, 0.717) is 17.3 Å². The molecule has 0 aliphatic rings. The minimum Gasteiger partial charge on any atom is -0.366 e. The van der Waals surface area contributed by atoms with Crippen molar-refractivity contribution < 1.29 is 4.52 Å². The normalized spacial score (nSPS) is 11.0. The highest BCUT2D eigenvalue weighted by molar-refractivity contribution is 5.92. The number of nitrogens with one attached hydrogen (secondary N) is 1. The number of anilines is 1. The molecule has 8 nitrogen and oxygen atoms in total. The number of nitrogen functional groups attached to an aromatic ring is 1. The first-order valence-corrected chi connectivity index (χ1v) is 6.17. The molecule has 0 unspecified atom stereocenters. The van der Waals surface area contributed by atoms with Crippen molar-refractivity contribution >= 4 is 16.7 Å². The Morgan fingerprint density at radius 3 is 2.86 bits per heavy atom. The maximum absolute atomic E-state index is 5.45. The highest BCUT2D eigenvalue weighted by Gasteiger charge is 2.16. The lowest BCUT2D eigenvalue weighted by atomic mass is 10.1. The van der Waals surface area contributed by atoms with Gasteiger partial charge < -0.3 is 10.3 Å². The van der Waals surface area contributed by atoms with Crippen LogP contribution in [0.3, 0.4) is 0 Å². The van der Waals surface area contributed by atoms with Crippen LogP contribution in [-0.2, 0) is 0 Å². The van der Waals surface area contributed by atoms with E-state index in [1.54, 1.807) is 6.20 Å². The Hall–Kier alpha value is -3.29. The molecule has 4 aromatic rings. The van der Waals surface area contributed by atoms with Gasteiger partial charge in [0.15, 0.2) is 0 Å². The van der Waals surface area contributed by atoms with Gasteiger partial charge in [0, 0.05) is 11.6 Å². The summed E-state index contributed by atoms with van der Waals surface area (Å²) in [6.07, 6.45) is 1.71. The number of rotatable bonds is 2. The van der Waals surface area contributed by atoms with E-state index in [4.69, 9.17) is 10.3 Å². The second-order valence-electron chi connectivity index (χ2n) is 4.35. The molecule has 0 saturated heterocycles. The molecule has 1 aromatic carbocycles. The van der Waals surface area contributed by atoms with Crippen LogP contribution in [0.4, 0.5) is 5.95 Å². The molecule has 4 rings (SSSR count). The van der Waals surface area contributed by atoms with Crippen LogP contribution < -0.4 is 5.73 Å². The average Bonchev–Trinajstić information content (AvgIpc) is 3.15. The highest BCUT2D eigenvalue weighted by atomic mass is 16.5. The van der Waals surface area contributed by atoms with Crippen LogP contribution >= 0.6 is 0 Å². The van der Waals surface area contributed by atoms with Crippen LogP contribution in [0.5, 0.6) is 0 Å². The maximum Gasteiger partial charge on any atom is 0.295 e. The largest absolute Gasteiger partial charge is 0.366 e. The number of benzene rings is 1. The Morgan fingerprint density at radius 1 is 1.10 bits per heavy atom. The van der Waals surface area contributed by atoms with Crippen LogP contribution in [0.25, 0.3) is 34.0 Å². The first-order chi connectivity index (χ1) is 10.3. The van der Waals surface area contributed by atoms with Crippen LogP contribution in [0.2, 0.25) is 0 Å². The van der Waals surface area contributed by atoms with Crippen molar-refractivity contribution in [3.8, 4) is 23.2 Å². The zero-order valence-corrected chi connectivity index (χ0v) is 10.7. The second-order valence-corrected chi connectivity index (χ2v) is 4.35. The summed E-state index contributed by atoms with van der Waals surface area (Å²) in [4.78, 5) is 12.6. The summed E-state index contributed by atoms with van der Waals surface area (Å²) in [6.45, 7) is 0. The third-order valence-corrected chi connectivity index (χ3v) is 3.02. The molecular formula is C13H9N7O. The Labute approximate surface area is 118 Å². The lowest BCUT2D eigenvalue weighted by Crippen LogP contribution is -1.88. The fourth-order valence-electron chi connectivity index (χ4n) is 2.08. The van der Waals surface area contributed by atoms with Crippen LogP contribution in [-0.4, -0.2) is 30.3 Å². The first-order valence-electron chi connectivity index (χ1n) is 6.17. The number of nitrogens with two attached hydrogens (primary N) is 1. The number of hydrogen-bond donors (Lipinski definition) is 2. The summed E-state index contributed by atoms with van der Waals surface area (Å²) in [5.41, 5.74) is 6.10. The van der Waals surface area contributed by atoms with Gasteiger partial charge in [-0.3, -0.25) is 10.1 Å². The quantitative estimate of drug-likeness (QED) is 0.572. The Bertz CT molecular complexity index is 922. The molecule has 21 heavy (non-hydrogen) atoms. The second kappa shape index (κ2) is 4.37. The van der Waals surface area contributed by atoms with Gasteiger partial charge in [0.25, 0.3) is 5.89 Å². The van der Waals surface area contributed by atoms with Crippen molar-refractivity contribution in [2.24, 2.45) is 0 Å². The third kappa shape index (κ3) is 1.89. The number of hydrogen-bond acceptors (Lipinski definition) is 7. The maximum atomic E-state index is 5.45. The summed E-state index contributed by atoms with van der Waals surface area (Å²) in [5.74, 6) is 1.04. The molecule has 0 fully saturated rings. The number of aromatic nitrogens is 6. The molecule has 0 radical (unpaired) electrons. The lowest BCUT2D eigenvalue weighted by Gasteiger charge is -2.00. The van der Waals surface area contributed by atoms with E-state index in [1.807, 2.05) is 30.3 Å². The fourth-order valence-corrected chi connectivity index (χ4v) is 2.08.